The summed E-state index contributed by atoms with van der Waals surface area (Å²) < 4.78 is 0. The average Bonchev–Trinajstić information content (AvgIpc) is 3.06. The van der Waals surface area contributed by atoms with Crippen molar-refractivity contribution in [3.05, 3.63) is 35.4 Å². The second-order valence-corrected chi connectivity index (χ2v) is 6.20. The number of rotatable bonds is 4. The van der Waals surface area contributed by atoms with E-state index in [1.54, 1.807) is 0 Å². The molecular formula is C17H23NO2. The van der Waals surface area contributed by atoms with E-state index in [2.05, 4.69) is 5.32 Å². The van der Waals surface area contributed by atoms with Crippen molar-refractivity contribution in [3.8, 4) is 0 Å². The van der Waals surface area contributed by atoms with E-state index in [4.69, 9.17) is 0 Å². The number of amides is 1. The van der Waals surface area contributed by atoms with Crippen molar-refractivity contribution in [3.63, 3.8) is 0 Å². The van der Waals surface area contributed by atoms with Gasteiger partial charge in [0.25, 0.3) is 0 Å². The molecule has 0 aliphatic heterocycles. The van der Waals surface area contributed by atoms with Gasteiger partial charge in [-0.05, 0) is 23.5 Å². The fraction of sp³-hybridized carbons (Fsp3) is 0.588. The maximum absolute atomic E-state index is 12.1. The van der Waals surface area contributed by atoms with Crippen molar-refractivity contribution in [1.82, 2.24) is 5.32 Å². The van der Waals surface area contributed by atoms with Crippen molar-refractivity contribution < 1.29 is 9.90 Å². The van der Waals surface area contributed by atoms with Gasteiger partial charge in [-0.2, -0.15) is 0 Å². The van der Waals surface area contributed by atoms with Crippen molar-refractivity contribution in [2.24, 2.45) is 5.92 Å². The van der Waals surface area contributed by atoms with Crippen LogP contribution in [0.1, 0.15) is 55.7 Å². The van der Waals surface area contributed by atoms with Gasteiger partial charge in [0.15, 0.2) is 0 Å². The molecule has 0 saturated heterocycles. The molecule has 0 heterocycles. The summed E-state index contributed by atoms with van der Waals surface area (Å²) >= 11 is 0. The first kappa shape index (κ1) is 13.6. The molecule has 1 fully saturated rings. The molecule has 0 bridgehead atoms. The Balaban J connectivity index is 1.55. The fourth-order valence-corrected chi connectivity index (χ4v) is 3.63. The molecule has 1 amide bonds. The van der Waals surface area contributed by atoms with E-state index < -0.39 is 6.10 Å². The van der Waals surface area contributed by atoms with Gasteiger partial charge in [0.1, 0.15) is 0 Å². The highest BCUT2D eigenvalue weighted by molar-refractivity contribution is 5.76. The Morgan fingerprint density at radius 1 is 1.25 bits per heavy atom. The van der Waals surface area contributed by atoms with Gasteiger partial charge < -0.3 is 10.4 Å². The smallest absolute Gasteiger partial charge is 0.220 e. The Kier molecular flexibility index (Phi) is 4.06. The number of aliphatic hydroxyl groups excluding tert-OH is 1. The number of benzene rings is 1. The highest BCUT2D eigenvalue weighted by atomic mass is 16.3. The summed E-state index contributed by atoms with van der Waals surface area (Å²) in [4.78, 5) is 12.1. The van der Waals surface area contributed by atoms with E-state index in [1.807, 2.05) is 24.3 Å². The molecule has 20 heavy (non-hydrogen) atoms. The molecule has 0 aromatic heterocycles. The molecule has 1 aromatic carbocycles. The molecule has 3 heteroatoms. The summed E-state index contributed by atoms with van der Waals surface area (Å²) in [6.45, 7) is 0. The summed E-state index contributed by atoms with van der Waals surface area (Å²) in [7, 11) is 0. The quantitative estimate of drug-likeness (QED) is 0.886. The Morgan fingerprint density at radius 2 is 2.00 bits per heavy atom. The Morgan fingerprint density at radius 3 is 2.80 bits per heavy atom. The lowest BCUT2D eigenvalue weighted by Crippen LogP contribution is -2.33. The van der Waals surface area contributed by atoms with Gasteiger partial charge in [-0.3, -0.25) is 4.79 Å². The third-order valence-electron chi connectivity index (χ3n) is 4.77. The van der Waals surface area contributed by atoms with Crippen LogP contribution in [0, 0.1) is 5.92 Å². The van der Waals surface area contributed by atoms with E-state index >= 15 is 0 Å². The Hall–Kier alpha value is -1.35. The standard InChI is InChI=1S/C17H23NO2/c19-15-11-13-7-3-4-8-14(13)17(15)18-16(20)10-9-12-5-1-2-6-12/h3-4,7-8,12,15,17,19H,1-2,5-6,9-11H2,(H,18,20). The Bertz CT molecular complexity index is 480. The van der Waals surface area contributed by atoms with Gasteiger partial charge in [-0.15, -0.1) is 0 Å². The number of aliphatic hydroxyl groups is 1. The number of fused-ring (bicyclic) bond motifs is 1. The van der Waals surface area contributed by atoms with Crippen LogP contribution in [0.25, 0.3) is 0 Å². The number of carbonyl (C=O) groups is 1. The van der Waals surface area contributed by atoms with Gasteiger partial charge in [0.2, 0.25) is 5.91 Å². The van der Waals surface area contributed by atoms with E-state index in [0.29, 0.717) is 12.8 Å². The third-order valence-corrected chi connectivity index (χ3v) is 4.77. The van der Waals surface area contributed by atoms with Crippen LogP contribution in [-0.4, -0.2) is 17.1 Å². The molecule has 2 aliphatic carbocycles. The molecule has 0 radical (unpaired) electrons. The SMILES string of the molecule is O=C(CCC1CCCC1)NC1c2ccccc2CC1O. The summed E-state index contributed by atoms with van der Waals surface area (Å²) in [6, 6.07) is 7.77. The summed E-state index contributed by atoms with van der Waals surface area (Å²) in [5.74, 6) is 0.819. The largest absolute Gasteiger partial charge is 0.390 e. The number of hydrogen-bond acceptors (Lipinski definition) is 2. The van der Waals surface area contributed by atoms with Gasteiger partial charge in [0, 0.05) is 12.8 Å². The molecule has 2 aliphatic rings. The van der Waals surface area contributed by atoms with Crippen molar-refractivity contribution in [2.75, 3.05) is 0 Å². The summed E-state index contributed by atoms with van der Waals surface area (Å²) in [5, 5.41) is 13.1. The molecule has 3 nitrogen and oxygen atoms in total. The van der Waals surface area contributed by atoms with Crippen LogP contribution in [0.15, 0.2) is 24.3 Å². The zero-order chi connectivity index (χ0) is 13.9. The molecule has 1 saturated carbocycles. The van der Waals surface area contributed by atoms with Gasteiger partial charge in [-0.25, -0.2) is 0 Å². The highest BCUT2D eigenvalue weighted by Crippen LogP contribution is 2.32. The fourth-order valence-electron chi connectivity index (χ4n) is 3.63. The minimum absolute atomic E-state index is 0.0812. The topological polar surface area (TPSA) is 49.3 Å². The lowest BCUT2D eigenvalue weighted by molar-refractivity contribution is -0.122. The predicted octanol–water partition coefficient (Wildman–Crippen LogP) is 2.73. The van der Waals surface area contributed by atoms with Crippen molar-refractivity contribution in [1.29, 1.82) is 0 Å². The molecule has 2 unspecified atom stereocenters. The van der Waals surface area contributed by atoms with Gasteiger partial charge in [-0.1, -0.05) is 49.9 Å². The van der Waals surface area contributed by atoms with E-state index in [1.165, 1.54) is 25.7 Å². The molecule has 3 rings (SSSR count). The zero-order valence-electron chi connectivity index (χ0n) is 11.8. The molecule has 1 aromatic rings. The zero-order valence-corrected chi connectivity index (χ0v) is 11.8. The summed E-state index contributed by atoms with van der Waals surface area (Å²) in [5.41, 5.74) is 2.23. The number of carbonyl (C=O) groups excluding carboxylic acids is 1. The first-order valence-corrected chi connectivity index (χ1v) is 7.79. The minimum atomic E-state index is -0.483. The van der Waals surface area contributed by atoms with Gasteiger partial charge >= 0.3 is 0 Å². The molecule has 108 valence electrons. The number of hydrogen-bond donors (Lipinski definition) is 2. The highest BCUT2D eigenvalue weighted by Gasteiger charge is 2.31. The van der Waals surface area contributed by atoms with Crippen molar-refractivity contribution in [2.45, 2.75) is 57.1 Å². The van der Waals surface area contributed by atoms with Gasteiger partial charge in [0.05, 0.1) is 12.1 Å². The monoisotopic (exact) mass is 273 g/mol. The van der Waals surface area contributed by atoms with E-state index in [0.717, 1.165) is 23.5 Å². The molecule has 2 atom stereocenters. The second kappa shape index (κ2) is 5.96. The van der Waals surface area contributed by atoms with Crippen LogP contribution in [-0.2, 0) is 11.2 Å². The Labute approximate surface area is 120 Å². The molecular weight excluding hydrogens is 250 g/mol. The maximum Gasteiger partial charge on any atom is 0.220 e. The van der Waals surface area contributed by atoms with Crippen LogP contribution in [0.3, 0.4) is 0 Å². The first-order chi connectivity index (χ1) is 9.74. The lowest BCUT2D eigenvalue weighted by Gasteiger charge is -2.18. The second-order valence-electron chi connectivity index (χ2n) is 6.20. The van der Waals surface area contributed by atoms with Crippen LogP contribution >= 0.6 is 0 Å². The van der Waals surface area contributed by atoms with E-state index in [9.17, 15) is 9.90 Å². The van der Waals surface area contributed by atoms with Crippen LogP contribution in [0.5, 0.6) is 0 Å². The average molecular weight is 273 g/mol. The van der Waals surface area contributed by atoms with Crippen LogP contribution in [0.4, 0.5) is 0 Å². The third kappa shape index (κ3) is 2.88. The van der Waals surface area contributed by atoms with E-state index in [-0.39, 0.29) is 11.9 Å². The minimum Gasteiger partial charge on any atom is -0.390 e. The van der Waals surface area contributed by atoms with Crippen LogP contribution < -0.4 is 5.32 Å². The molecule has 0 spiro atoms. The number of nitrogens with one attached hydrogen (secondary N) is 1. The molecule has 2 N–H and O–H groups in total. The normalized spacial score (nSPS) is 25.6. The lowest BCUT2D eigenvalue weighted by atomic mass is 10.0. The van der Waals surface area contributed by atoms with Crippen LogP contribution in [0.2, 0.25) is 0 Å². The van der Waals surface area contributed by atoms with Crippen molar-refractivity contribution >= 4 is 5.91 Å². The maximum atomic E-state index is 12.1. The summed E-state index contributed by atoms with van der Waals surface area (Å²) in [6.07, 6.45) is 6.95. The first-order valence-electron chi connectivity index (χ1n) is 7.79. The predicted molar refractivity (Wildman–Crippen MR) is 78.2 cm³/mol.